The molecule has 1 rings (SSSR count). The highest BCUT2D eigenvalue weighted by molar-refractivity contribution is 5.57. The number of hydrogen-bond donors (Lipinski definition) is 0. The number of hydrogen-bond acceptors (Lipinski definition) is 4. The van der Waals surface area contributed by atoms with Crippen LogP contribution in [0.5, 0.6) is 0 Å². The molecule has 0 amide bonds. The number of aryl methyl sites for hydroxylation is 1. The molecule has 0 spiro atoms. The average Bonchev–Trinajstić information content (AvgIpc) is 2.29. The predicted octanol–water partition coefficient (Wildman–Crippen LogP) is 1.98. The van der Waals surface area contributed by atoms with Crippen LogP contribution >= 0.6 is 0 Å². The minimum absolute atomic E-state index is 0.608. The van der Waals surface area contributed by atoms with E-state index in [0.29, 0.717) is 17.9 Å². The summed E-state index contributed by atoms with van der Waals surface area (Å²) in [4.78, 5) is 1.98. The molecule has 4 heteroatoms. The van der Waals surface area contributed by atoms with Gasteiger partial charge in [-0.1, -0.05) is 6.08 Å². The van der Waals surface area contributed by atoms with Crippen molar-refractivity contribution in [3.05, 3.63) is 29.5 Å². The molecule has 0 aliphatic heterocycles. The Kier molecular flexibility index (Phi) is 4.01. The lowest BCUT2D eigenvalue weighted by atomic mass is 10.1. The van der Waals surface area contributed by atoms with Crippen LogP contribution in [0.2, 0.25) is 0 Å². The summed E-state index contributed by atoms with van der Waals surface area (Å²) in [5.41, 5.74) is 2.31. The molecule has 0 fully saturated rings. The maximum absolute atomic E-state index is 9.17. The Hall–Kier alpha value is -1.89. The zero-order valence-electron chi connectivity index (χ0n) is 9.99. The van der Waals surface area contributed by atoms with Crippen molar-refractivity contribution < 1.29 is 0 Å². The van der Waals surface area contributed by atoms with E-state index in [1.807, 2.05) is 25.7 Å². The molecule has 1 aromatic rings. The number of likely N-dealkylation sites (N-methyl/N-ethyl adjacent to an activating group) is 1. The first kappa shape index (κ1) is 12.2. The van der Waals surface area contributed by atoms with Gasteiger partial charge in [-0.05, 0) is 26.3 Å². The Morgan fingerprint density at radius 3 is 2.62 bits per heavy atom. The summed E-state index contributed by atoms with van der Waals surface area (Å²) in [5, 5.41) is 17.3. The fourth-order valence-electron chi connectivity index (χ4n) is 1.47. The molecule has 0 aliphatic carbocycles. The van der Waals surface area contributed by atoms with E-state index >= 15 is 0 Å². The van der Waals surface area contributed by atoms with E-state index in [9.17, 15) is 0 Å². The molecular weight excluding hydrogens is 200 g/mol. The van der Waals surface area contributed by atoms with Gasteiger partial charge in [0, 0.05) is 13.1 Å². The quantitative estimate of drug-likeness (QED) is 0.722. The summed E-state index contributed by atoms with van der Waals surface area (Å²) in [6, 6.07) is 2.20. The number of nitrogens with zero attached hydrogens (tertiary/aromatic N) is 4. The van der Waals surface area contributed by atoms with Crippen molar-refractivity contribution in [3.63, 3.8) is 0 Å². The first-order chi connectivity index (χ1) is 7.65. The molecule has 0 saturated carbocycles. The van der Waals surface area contributed by atoms with Crippen molar-refractivity contribution in [2.45, 2.75) is 20.8 Å². The first-order valence-corrected chi connectivity index (χ1v) is 5.25. The zero-order chi connectivity index (χ0) is 12.1. The molecule has 1 aromatic heterocycles. The number of anilines is 1. The highest BCUT2D eigenvalue weighted by Crippen LogP contribution is 2.20. The van der Waals surface area contributed by atoms with Crippen molar-refractivity contribution in [3.8, 4) is 6.07 Å². The lowest BCUT2D eigenvalue weighted by Gasteiger charge is -2.21. The van der Waals surface area contributed by atoms with Gasteiger partial charge in [0.2, 0.25) is 0 Å². The van der Waals surface area contributed by atoms with Crippen LogP contribution in [-0.2, 0) is 0 Å². The maximum atomic E-state index is 9.17. The van der Waals surface area contributed by atoms with Gasteiger partial charge >= 0.3 is 0 Å². The summed E-state index contributed by atoms with van der Waals surface area (Å²) < 4.78 is 0. The van der Waals surface area contributed by atoms with Gasteiger partial charge in [-0.15, -0.1) is 11.7 Å². The van der Waals surface area contributed by atoms with Gasteiger partial charge < -0.3 is 4.90 Å². The minimum atomic E-state index is 0.608. The van der Waals surface area contributed by atoms with Crippen LogP contribution in [0.1, 0.15) is 23.7 Å². The number of aromatic nitrogens is 2. The summed E-state index contributed by atoms with van der Waals surface area (Å²) in [6.07, 6.45) is 1.79. The maximum Gasteiger partial charge on any atom is 0.169 e. The third-order valence-corrected chi connectivity index (χ3v) is 2.58. The molecule has 0 aromatic carbocycles. The largest absolute Gasteiger partial charge is 0.351 e. The van der Waals surface area contributed by atoms with Crippen LogP contribution in [-0.4, -0.2) is 23.3 Å². The minimum Gasteiger partial charge on any atom is -0.351 e. The molecule has 0 aliphatic rings. The lowest BCUT2D eigenvalue weighted by Crippen LogP contribution is -2.25. The van der Waals surface area contributed by atoms with E-state index in [1.165, 1.54) is 0 Å². The second-order valence-corrected chi connectivity index (χ2v) is 3.55. The number of rotatable bonds is 4. The molecule has 0 radical (unpaired) electrons. The monoisotopic (exact) mass is 216 g/mol. The molecule has 84 valence electrons. The lowest BCUT2D eigenvalue weighted by molar-refractivity contribution is 0.836. The molecule has 16 heavy (non-hydrogen) atoms. The molecule has 0 bridgehead atoms. The molecular formula is C12H16N4. The summed E-state index contributed by atoms with van der Waals surface area (Å²) >= 11 is 0. The molecule has 0 saturated heterocycles. The fourth-order valence-corrected chi connectivity index (χ4v) is 1.47. The standard InChI is InChI=1S/C12H16N4/c1-5-7-16(6-2)12-11(8-13)9(3)10(4)14-15-12/h5H,1,6-7H2,2-4H3. The number of nitriles is 1. The van der Waals surface area contributed by atoms with E-state index in [4.69, 9.17) is 5.26 Å². The van der Waals surface area contributed by atoms with Crippen molar-refractivity contribution in [2.24, 2.45) is 0 Å². The van der Waals surface area contributed by atoms with E-state index in [2.05, 4.69) is 22.8 Å². The Morgan fingerprint density at radius 2 is 2.12 bits per heavy atom. The van der Waals surface area contributed by atoms with Crippen LogP contribution in [0, 0.1) is 25.2 Å². The van der Waals surface area contributed by atoms with Gasteiger partial charge in [0.15, 0.2) is 5.82 Å². The third-order valence-electron chi connectivity index (χ3n) is 2.58. The van der Waals surface area contributed by atoms with Crippen molar-refractivity contribution in [1.29, 1.82) is 5.26 Å². The predicted molar refractivity (Wildman–Crippen MR) is 64.3 cm³/mol. The summed E-state index contributed by atoms with van der Waals surface area (Å²) in [7, 11) is 0. The third kappa shape index (κ3) is 2.19. The smallest absolute Gasteiger partial charge is 0.169 e. The van der Waals surface area contributed by atoms with Gasteiger partial charge in [0.1, 0.15) is 11.6 Å². The SMILES string of the molecule is C=CCN(CC)c1nnc(C)c(C)c1C#N. The highest BCUT2D eigenvalue weighted by Gasteiger charge is 2.14. The molecule has 1 heterocycles. The van der Waals surface area contributed by atoms with Crippen LogP contribution in [0.4, 0.5) is 5.82 Å². The van der Waals surface area contributed by atoms with E-state index in [-0.39, 0.29) is 0 Å². The van der Waals surface area contributed by atoms with Crippen LogP contribution in [0.25, 0.3) is 0 Å². The summed E-state index contributed by atoms with van der Waals surface area (Å²) in [5.74, 6) is 0.646. The Labute approximate surface area is 96.2 Å². The average molecular weight is 216 g/mol. The van der Waals surface area contributed by atoms with E-state index in [0.717, 1.165) is 17.8 Å². The molecule has 0 unspecified atom stereocenters. The Bertz CT molecular complexity index is 431. The van der Waals surface area contributed by atoms with Gasteiger partial charge in [0.05, 0.1) is 5.69 Å². The topological polar surface area (TPSA) is 52.8 Å². The van der Waals surface area contributed by atoms with Crippen molar-refractivity contribution in [1.82, 2.24) is 10.2 Å². The first-order valence-electron chi connectivity index (χ1n) is 5.25. The van der Waals surface area contributed by atoms with Crippen LogP contribution in [0.15, 0.2) is 12.7 Å². The zero-order valence-corrected chi connectivity index (χ0v) is 9.99. The van der Waals surface area contributed by atoms with Gasteiger partial charge in [-0.2, -0.15) is 10.4 Å². The second-order valence-electron chi connectivity index (χ2n) is 3.55. The fraction of sp³-hybridized carbons (Fsp3) is 0.417. The summed E-state index contributed by atoms with van der Waals surface area (Å²) in [6.45, 7) is 10.9. The van der Waals surface area contributed by atoms with Crippen LogP contribution in [0.3, 0.4) is 0 Å². The Morgan fingerprint density at radius 1 is 1.44 bits per heavy atom. The highest BCUT2D eigenvalue weighted by atomic mass is 15.3. The van der Waals surface area contributed by atoms with Crippen LogP contribution < -0.4 is 4.90 Å². The van der Waals surface area contributed by atoms with Crippen molar-refractivity contribution >= 4 is 5.82 Å². The molecule has 0 atom stereocenters. The van der Waals surface area contributed by atoms with E-state index in [1.54, 1.807) is 6.08 Å². The van der Waals surface area contributed by atoms with E-state index < -0.39 is 0 Å². The Balaban J connectivity index is 3.28. The molecule has 4 nitrogen and oxygen atoms in total. The second kappa shape index (κ2) is 5.26. The van der Waals surface area contributed by atoms with Gasteiger partial charge in [-0.25, -0.2) is 0 Å². The normalized spacial score (nSPS) is 9.62. The van der Waals surface area contributed by atoms with Gasteiger partial charge in [-0.3, -0.25) is 0 Å². The molecule has 0 N–H and O–H groups in total. The van der Waals surface area contributed by atoms with Crippen molar-refractivity contribution in [2.75, 3.05) is 18.0 Å². The van der Waals surface area contributed by atoms with Gasteiger partial charge in [0.25, 0.3) is 0 Å².